The van der Waals surface area contributed by atoms with E-state index in [0.717, 1.165) is 0 Å². The number of fused-ring (bicyclic) bond motifs is 1. The molecule has 0 saturated heterocycles. The van der Waals surface area contributed by atoms with E-state index in [0.29, 0.717) is 11.1 Å². The van der Waals surface area contributed by atoms with E-state index < -0.39 is 11.6 Å². The van der Waals surface area contributed by atoms with Crippen LogP contribution in [-0.2, 0) is 0 Å². The molecule has 0 aliphatic heterocycles. The summed E-state index contributed by atoms with van der Waals surface area (Å²) in [5.41, 5.74) is 0.894. The average molecular weight is 138 g/mol. The summed E-state index contributed by atoms with van der Waals surface area (Å²) in [7, 11) is 0. The summed E-state index contributed by atoms with van der Waals surface area (Å²) in [6, 6.07) is 3.13. The molecule has 0 aromatic rings. The highest BCUT2D eigenvalue weighted by Crippen LogP contribution is 2.38. The van der Waals surface area contributed by atoms with Gasteiger partial charge in [-0.3, -0.25) is 0 Å². The molecule has 2 rings (SSSR count). The van der Waals surface area contributed by atoms with Gasteiger partial charge in [-0.05, 0) is 0 Å². The Labute approximate surface area is 57.5 Å². The van der Waals surface area contributed by atoms with Crippen molar-refractivity contribution in [2.75, 3.05) is 0 Å². The van der Waals surface area contributed by atoms with Gasteiger partial charge in [0, 0.05) is 11.1 Å². The zero-order valence-electron chi connectivity index (χ0n) is 5.07. The Balaban J connectivity index is 0.000000231. The summed E-state index contributed by atoms with van der Waals surface area (Å²) in [6.07, 6.45) is 8.00. The van der Waals surface area contributed by atoms with Crippen molar-refractivity contribution in [3.63, 3.8) is 0 Å². The molecule has 2 heteroatoms. The molecule has 0 fully saturated rings. The molecular weight excluding hydrogens is 134 g/mol. The monoisotopic (exact) mass is 138 g/mol. The molecule has 0 N–H and O–H groups in total. The fourth-order valence-electron chi connectivity index (χ4n) is 0.807. The van der Waals surface area contributed by atoms with Crippen LogP contribution in [-0.4, -0.2) is 0 Å². The quantitative estimate of drug-likeness (QED) is 0.489. The van der Waals surface area contributed by atoms with Crippen molar-refractivity contribution < 1.29 is 8.78 Å². The van der Waals surface area contributed by atoms with E-state index in [2.05, 4.69) is 12.8 Å². The second-order valence-electron chi connectivity index (χ2n) is 1.79. The summed E-state index contributed by atoms with van der Waals surface area (Å²) < 4.78 is 24.0. The number of halogens is 2. The highest BCUT2D eigenvalue weighted by Gasteiger charge is 2.25. The number of terminal acetylenes is 1. The van der Waals surface area contributed by atoms with Crippen LogP contribution < -0.4 is 0 Å². The molecule has 0 spiro atoms. The maximum atomic E-state index is 12.0. The lowest BCUT2D eigenvalue weighted by molar-refractivity contribution is 0.494. The van der Waals surface area contributed by atoms with E-state index in [1.807, 2.05) is 0 Å². The molecule has 0 nitrogen and oxygen atoms in total. The van der Waals surface area contributed by atoms with Crippen LogP contribution >= 0.6 is 0 Å². The van der Waals surface area contributed by atoms with Crippen molar-refractivity contribution in [3.8, 4) is 24.0 Å². The van der Waals surface area contributed by atoms with Gasteiger partial charge in [0.25, 0.3) is 0 Å². The van der Waals surface area contributed by atoms with E-state index in [-0.39, 0.29) is 0 Å². The standard InChI is InChI=1S/C6H2F2.C2H2/c7-5-3-1-2-4(3)6(5)8;1-2/h1-2H;1-2H. The Hall–Kier alpha value is -1.36. The van der Waals surface area contributed by atoms with Gasteiger partial charge in [-0.15, -0.1) is 12.8 Å². The maximum absolute atomic E-state index is 12.0. The van der Waals surface area contributed by atoms with E-state index in [1.54, 1.807) is 12.1 Å². The lowest BCUT2D eigenvalue weighted by Crippen LogP contribution is -2.03. The van der Waals surface area contributed by atoms with Crippen molar-refractivity contribution in [1.29, 1.82) is 0 Å². The molecule has 0 amide bonds. The molecule has 0 atom stereocenters. The molecule has 0 aromatic carbocycles. The first-order valence-corrected chi connectivity index (χ1v) is 2.62. The third-order valence-electron chi connectivity index (χ3n) is 1.37. The molecule has 0 bridgehead atoms. The first-order valence-electron chi connectivity index (χ1n) is 2.62. The van der Waals surface area contributed by atoms with Crippen LogP contribution in [0.1, 0.15) is 0 Å². The maximum Gasteiger partial charge on any atom is 0.167 e. The van der Waals surface area contributed by atoms with Crippen LogP contribution in [0.2, 0.25) is 0 Å². The first kappa shape index (κ1) is 6.76. The minimum absolute atomic E-state index is 0.447. The topological polar surface area (TPSA) is 0 Å². The van der Waals surface area contributed by atoms with Gasteiger partial charge >= 0.3 is 0 Å². The highest BCUT2D eigenvalue weighted by molar-refractivity contribution is 5.77. The molecule has 0 aromatic heterocycles. The Bertz CT molecular complexity index is 260. The van der Waals surface area contributed by atoms with Crippen LogP contribution in [0.25, 0.3) is 11.1 Å². The summed E-state index contributed by atoms with van der Waals surface area (Å²) in [6.45, 7) is 0. The summed E-state index contributed by atoms with van der Waals surface area (Å²) in [5, 5.41) is 0. The van der Waals surface area contributed by atoms with E-state index in [4.69, 9.17) is 0 Å². The van der Waals surface area contributed by atoms with Crippen LogP contribution in [0.3, 0.4) is 0 Å². The predicted octanol–water partition coefficient (Wildman–Crippen LogP) is 2.19. The molecular formula is C8H4F2. The average Bonchev–Trinajstić information content (AvgIpc) is 1.91. The van der Waals surface area contributed by atoms with Crippen molar-refractivity contribution in [2.45, 2.75) is 0 Å². The lowest BCUT2D eigenvalue weighted by Gasteiger charge is -2.16. The third kappa shape index (κ3) is 0.548. The first-order chi connectivity index (χ1) is 4.80. The van der Waals surface area contributed by atoms with Gasteiger partial charge in [-0.2, -0.15) is 0 Å². The van der Waals surface area contributed by atoms with Crippen LogP contribution in [0.5, 0.6) is 0 Å². The zero-order valence-corrected chi connectivity index (χ0v) is 5.07. The highest BCUT2D eigenvalue weighted by atomic mass is 19.2. The normalized spacial score (nSPS) is 9.60. The Morgan fingerprint density at radius 1 is 0.900 bits per heavy atom. The molecule has 0 saturated carbocycles. The van der Waals surface area contributed by atoms with E-state index in [9.17, 15) is 8.78 Å². The SMILES string of the molecule is C#C.Fc1c2ccc-2c1F. The molecule has 50 valence electrons. The van der Waals surface area contributed by atoms with Crippen LogP contribution in [0, 0.1) is 24.5 Å². The minimum atomic E-state index is -0.678. The van der Waals surface area contributed by atoms with Crippen molar-refractivity contribution in [3.05, 3.63) is 23.8 Å². The van der Waals surface area contributed by atoms with Gasteiger partial charge in [0.1, 0.15) is 0 Å². The van der Waals surface area contributed by atoms with Gasteiger partial charge < -0.3 is 0 Å². The molecule has 10 heavy (non-hydrogen) atoms. The van der Waals surface area contributed by atoms with Gasteiger partial charge in [-0.1, -0.05) is 12.1 Å². The summed E-state index contributed by atoms with van der Waals surface area (Å²) >= 11 is 0. The van der Waals surface area contributed by atoms with Gasteiger partial charge in [0.05, 0.1) is 0 Å². The fraction of sp³-hybridized carbons (Fsp3) is 0. The van der Waals surface area contributed by atoms with E-state index in [1.165, 1.54) is 0 Å². The van der Waals surface area contributed by atoms with Gasteiger partial charge in [0.2, 0.25) is 0 Å². The number of hydrogen-bond acceptors (Lipinski definition) is 0. The van der Waals surface area contributed by atoms with Crippen molar-refractivity contribution in [2.24, 2.45) is 0 Å². The number of rotatable bonds is 0. The lowest BCUT2D eigenvalue weighted by atomic mass is 9.92. The molecule has 2 aliphatic carbocycles. The largest absolute Gasteiger partial charge is 0.203 e. The predicted molar refractivity (Wildman–Crippen MR) is 35.2 cm³/mol. The minimum Gasteiger partial charge on any atom is -0.203 e. The Kier molecular flexibility index (Phi) is 1.42. The van der Waals surface area contributed by atoms with Gasteiger partial charge in [-0.25, -0.2) is 8.78 Å². The Morgan fingerprint density at radius 2 is 1.20 bits per heavy atom. The fourth-order valence-corrected chi connectivity index (χ4v) is 0.807. The number of benzene rings is 1. The molecule has 0 radical (unpaired) electrons. The van der Waals surface area contributed by atoms with Crippen LogP contribution in [0.4, 0.5) is 8.78 Å². The smallest absolute Gasteiger partial charge is 0.167 e. The third-order valence-corrected chi connectivity index (χ3v) is 1.37. The summed E-state index contributed by atoms with van der Waals surface area (Å²) in [5.74, 6) is -1.36. The number of hydrogen-bond donors (Lipinski definition) is 0. The summed E-state index contributed by atoms with van der Waals surface area (Å²) in [4.78, 5) is 0. The second kappa shape index (κ2) is 2.11. The zero-order chi connectivity index (χ0) is 7.72. The van der Waals surface area contributed by atoms with Crippen molar-refractivity contribution >= 4 is 0 Å². The van der Waals surface area contributed by atoms with Gasteiger partial charge in [0.15, 0.2) is 11.6 Å². The molecule has 2 aliphatic rings. The molecule has 0 unspecified atom stereocenters. The second-order valence-corrected chi connectivity index (χ2v) is 1.79. The van der Waals surface area contributed by atoms with E-state index >= 15 is 0 Å². The Morgan fingerprint density at radius 3 is 1.30 bits per heavy atom. The van der Waals surface area contributed by atoms with Crippen LogP contribution in [0.15, 0.2) is 12.1 Å². The van der Waals surface area contributed by atoms with Crippen molar-refractivity contribution in [1.82, 2.24) is 0 Å². The molecule has 0 heterocycles.